The second kappa shape index (κ2) is 5.81. The van der Waals surface area contributed by atoms with Crippen LogP contribution in [0.3, 0.4) is 0 Å². The average Bonchev–Trinajstić information content (AvgIpc) is 2.44. The summed E-state index contributed by atoms with van der Waals surface area (Å²) in [5.41, 5.74) is 1.85. The third kappa shape index (κ3) is 2.85. The first-order valence-corrected chi connectivity index (χ1v) is 7.82. The van der Waals surface area contributed by atoms with Gasteiger partial charge in [0.25, 0.3) is 0 Å². The van der Waals surface area contributed by atoms with E-state index < -0.39 is 0 Å². The number of hydrogen-bond donors (Lipinski definition) is 1. The van der Waals surface area contributed by atoms with Gasteiger partial charge in [0, 0.05) is 23.4 Å². The van der Waals surface area contributed by atoms with Gasteiger partial charge in [0.15, 0.2) is 0 Å². The van der Waals surface area contributed by atoms with Crippen LogP contribution in [0, 0.1) is 0 Å². The Hall–Kier alpha value is -1.25. The normalized spacial score (nSPS) is 16.8. The van der Waals surface area contributed by atoms with Crippen molar-refractivity contribution in [1.29, 1.82) is 0 Å². The minimum atomic E-state index is 0.364. The van der Waals surface area contributed by atoms with E-state index in [1.807, 2.05) is 11.8 Å². The molecule has 0 aromatic heterocycles. The van der Waals surface area contributed by atoms with Crippen molar-refractivity contribution in [2.75, 3.05) is 18.8 Å². The fraction of sp³-hybridized carbons (Fsp3) is 0.294. The van der Waals surface area contributed by atoms with Crippen molar-refractivity contribution < 1.29 is 0 Å². The lowest BCUT2D eigenvalue weighted by Crippen LogP contribution is -2.57. The number of benzene rings is 2. The van der Waals surface area contributed by atoms with Gasteiger partial charge in [0.2, 0.25) is 0 Å². The summed E-state index contributed by atoms with van der Waals surface area (Å²) in [7, 11) is 0. The van der Waals surface area contributed by atoms with E-state index in [1.54, 1.807) is 0 Å². The van der Waals surface area contributed by atoms with E-state index in [2.05, 4.69) is 66.0 Å². The lowest BCUT2D eigenvalue weighted by atomic mass is 9.73. The minimum Gasteiger partial charge on any atom is -0.315 e. The molecule has 1 saturated heterocycles. The molecule has 0 aliphatic carbocycles. The fourth-order valence-electron chi connectivity index (χ4n) is 2.62. The molecule has 0 amide bonds. The predicted molar refractivity (Wildman–Crippen MR) is 82.8 cm³/mol. The average molecular weight is 269 g/mol. The Morgan fingerprint density at radius 1 is 0.895 bits per heavy atom. The molecule has 0 radical (unpaired) electrons. The maximum atomic E-state index is 3.44. The Morgan fingerprint density at radius 2 is 1.53 bits per heavy atom. The molecule has 2 aromatic rings. The molecule has 2 aromatic carbocycles. The van der Waals surface area contributed by atoms with E-state index in [4.69, 9.17) is 0 Å². The Kier molecular flexibility index (Phi) is 3.90. The summed E-state index contributed by atoms with van der Waals surface area (Å²) >= 11 is 1.96. The van der Waals surface area contributed by atoms with Gasteiger partial charge in [0.05, 0.1) is 0 Å². The quantitative estimate of drug-likeness (QED) is 0.830. The van der Waals surface area contributed by atoms with Gasteiger partial charge in [-0.05, 0) is 29.9 Å². The maximum absolute atomic E-state index is 3.44. The number of thioether (sulfide) groups is 1. The monoisotopic (exact) mass is 269 g/mol. The molecule has 1 fully saturated rings. The Morgan fingerprint density at radius 3 is 2.11 bits per heavy atom. The zero-order valence-electron chi connectivity index (χ0n) is 11.0. The van der Waals surface area contributed by atoms with Crippen LogP contribution in [-0.2, 0) is 5.41 Å². The first-order chi connectivity index (χ1) is 9.39. The van der Waals surface area contributed by atoms with Crippen molar-refractivity contribution in [1.82, 2.24) is 5.32 Å². The van der Waals surface area contributed by atoms with Gasteiger partial charge in [-0.1, -0.05) is 48.5 Å². The summed E-state index contributed by atoms with van der Waals surface area (Å²) in [4.78, 5) is 1.37. The number of hydrogen-bond acceptors (Lipinski definition) is 2. The van der Waals surface area contributed by atoms with Crippen LogP contribution >= 0.6 is 11.8 Å². The number of nitrogens with one attached hydrogen (secondary N) is 1. The van der Waals surface area contributed by atoms with Crippen LogP contribution in [0.5, 0.6) is 0 Å². The minimum absolute atomic E-state index is 0.364. The molecule has 1 heterocycles. The van der Waals surface area contributed by atoms with Crippen LogP contribution < -0.4 is 5.32 Å². The van der Waals surface area contributed by atoms with Gasteiger partial charge >= 0.3 is 0 Å². The molecule has 1 nitrogen and oxygen atoms in total. The summed E-state index contributed by atoms with van der Waals surface area (Å²) in [6, 6.07) is 21.6. The zero-order valence-corrected chi connectivity index (χ0v) is 11.8. The SMILES string of the molecule is c1ccc(SCCC2(c3ccccc3)CNC2)cc1. The topological polar surface area (TPSA) is 12.0 Å². The van der Waals surface area contributed by atoms with Gasteiger partial charge in [0.1, 0.15) is 0 Å². The molecule has 3 rings (SSSR count). The van der Waals surface area contributed by atoms with Crippen molar-refractivity contribution in [3.8, 4) is 0 Å². The van der Waals surface area contributed by atoms with Crippen molar-refractivity contribution in [3.05, 3.63) is 66.2 Å². The largest absolute Gasteiger partial charge is 0.315 e. The molecular weight excluding hydrogens is 250 g/mol. The lowest BCUT2D eigenvalue weighted by molar-refractivity contribution is 0.269. The van der Waals surface area contributed by atoms with Crippen molar-refractivity contribution in [3.63, 3.8) is 0 Å². The van der Waals surface area contributed by atoms with Crippen molar-refractivity contribution in [2.45, 2.75) is 16.7 Å². The third-order valence-electron chi connectivity index (χ3n) is 3.91. The summed E-state index contributed by atoms with van der Waals surface area (Å²) in [6.45, 7) is 2.23. The van der Waals surface area contributed by atoms with Gasteiger partial charge in [-0.3, -0.25) is 0 Å². The number of rotatable bonds is 5. The first kappa shape index (κ1) is 12.8. The van der Waals surface area contributed by atoms with Crippen molar-refractivity contribution >= 4 is 11.8 Å². The molecule has 98 valence electrons. The molecule has 1 aliphatic rings. The second-order valence-corrected chi connectivity index (χ2v) is 6.33. The van der Waals surface area contributed by atoms with Crippen LogP contribution in [0.15, 0.2) is 65.6 Å². The Labute approximate surface area is 119 Å². The maximum Gasteiger partial charge on any atom is 0.0210 e. The molecule has 1 N–H and O–H groups in total. The highest BCUT2D eigenvalue weighted by molar-refractivity contribution is 7.99. The van der Waals surface area contributed by atoms with E-state index >= 15 is 0 Å². The van der Waals surface area contributed by atoms with Gasteiger partial charge in [-0.2, -0.15) is 0 Å². The van der Waals surface area contributed by atoms with Crippen LogP contribution in [0.1, 0.15) is 12.0 Å². The van der Waals surface area contributed by atoms with Crippen LogP contribution in [-0.4, -0.2) is 18.8 Å². The van der Waals surface area contributed by atoms with E-state index in [1.165, 1.54) is 22.6 Å². The van der Waals surface area contributed by atoms with E-state index in [-0.39, 0.29) is 0 Å². The third-order valence-corrected chi connectivity index (χ3v) is 4.92. The van der Waals surface area contributed by atoms with E-state index in [9.17, 15) is 0 Å². The molecule has 2 heteroatoms. The van der Waals surface area contributed by atoms with E-state index in [0.717, 1.165) is 13.1 Å². The van der Waals surface area contributed by atoms with Crippen LogP contribution in [0.2, 0.25) is 0 Å². The highest BCUT2D eigenvalue weighted by Crippen LogP contribution is 2.34. The smallest absolute Gasteiger partial charge is 0.0210 e. The molecule has 19 heavy (non-hydrogen) atoms. The standard InChI is InChI=1S/C17H19NS/c1-3-7-15(8-4-1)17(13-18-14-17)11-12-19-16-9-5-2-6-10-16/h1-10,18H,11-14H2. The molecule has 0 unspecified atom stereocenters. The van der Waals surface area contributed by atoms with Crippen LogP contribution in [0.25, 0.3) is 0 Å². The molecule has 1 aliphatic heterocycles. The molecule has 0 spiro atoms. The lowest BCUT2D eigenvalue weighted by Gasteiger charge is -2.43. The fourth-order valence-corrected chi connectivity index (χ4v) is 3.70. The Bertz CT molecular complexity index is 505. The van der Waals surface area contributed by atoms with Gasteiger partial charge in [-0.25, -0.2) is 0 Å². The molecule has 0 atom stereocenters. The van der Waals surface area contributed by atoms with Gasteiger partial charge < -0.3 is 5.32 Å². The molecule has 0 saturated carbocycles. The summed E-state index contributed by atoms with van der Waals surface area (Å²) < 4.78 is 0. The predicted octanol–water partition coefficient (Wildman–Crippen LogP) is 3.71. The highest BCUT2D eigenvalue weighted by atomic mass is 32.2. The molecular formula is C17H19NS. The summed E-state index contributed by atoms with van der Waals surface area (Å²) in [5, 5.41) is 3.44. The zero-order chi connectivity index (χ0) is 13.0. The summed E-state index contributed by atoms with van der Waals surface area (Å²) in [6.07, 6.45) is 1.24. The second-order valence-electron chi connectivity index (χ2n) is 5.16. The Balaban J connectivity index is 1.62. The highest BCUT2D eigenvalue weighted by Gasteiger charge is 2.37. The summed E-state index contributed by atoms with van der Waals surface area (Å²) in [5.74, 6) is 1.18. The van der Waals surface area contributed by atoms with Gasteiger partial charge in [-0.15, -0.1) is 11.8 Å². The van der Waals surface area contributed by atoms with E-state index in [0.29, 0.717) is 5.41 Å². The van der Waals surface area contributed by atoms with Crippen molar-refractivity contribution in [2.24, 2.45) is 0 Å². The first-order valence-electron chi connectivity index (χ1n) is 6.83. The van der Waals surface area contributed by atoms with Crippen LogP contribution in [0.4, 0.5) is 0 Å². The molecule has 0 bridgehead atoms.